The van der Waals surface area contributed by atoms with Crippen LogP contribution in [0.1, 0.15) is 11.1 Å². The van der Waals surface area contributed by atoms with Crippen molar-refractivity contribution in [2.24, 2.45) is 0 Å². The fourth-order valence-electron chi connectivity index (χ4n) is 2.14. The summed E-state index contributed by atoms with van der Waals surface area (Å²) in [5, 5.41) is 18.4. The summed E-state index contributed by atoms with van der Waals surface area (Å²) in [5.74, 6) is -1.54. The van der Waals surface area contributed by atoms with E-state index in [1.807, 2.05) is 4.72 Å². The van der Waals surface area contributed by atoms with Gasteiger partial charge in [0.1, 0.15) is 11.8 Å². The van der Waals surface area contributed by atoms with Crippen LogP contribution >= 0.6 is 0 Å². The van der Waals surface area contributed by atoms with Crippen LogP contribution in [-0.4, -0.2) is 30.6 Å². The predicted octanol–water partition coefficient (Wildman–Crippen LogP) is 2.39. The van der Waals surface area contributed by atoms with E-state index in [0.29, 0.717) is 17.7 Å². The summed E-state index contributed by atoms with van der Waals surface area (Å²) in [6.07, 6.45) is -4.99. The average Bonchev–Trinajstić information content (AvgIpc) is 2.55. The monoisotopic (exact) mass is 389 g/mol. The number of rotatable bonds is 6. The Balaban J connectivity index is 2.27. The number of aliphatic carboxylic acids is 1. The van der Waals surface area contributed by atoms with Gasteiger partial charge in [0, 0.05) is 0 Å². The van der Waals surface area contributed by atoms with Gasteiger partial charge in [-0.15, -0.1) is 0 Å². The highest BCUT2D eigenvalue weighted by molar-refractivity contribution is 7.89. The molecule has 10 heteroatoms. The van der Waals surface area contributed by atoms with Gasteiger partial charge < -0.3 is 10.2 Å². The maximum atomic E-state index is 12.7. The lowest BCUT2D eigenvalue weighted by atomic mass is 10.1. The summed E-state index contributed by atoms with van der Waals surface area (Å²) in [6, 6.07) is 6.83. The molecule has 0 fully saturated rings. The number of sulfonamides is 1. The zero-order chi connectivity index (χ0) is 19.5. The fraction of sp³-hybridized carbons (Fsp3) is 0.188. The standard InChI is InChI=1S/C16H14F3NO5S/c17-16(18,19)11-2-1-3-13(9-11)26(24,25)20-14(15(22)23)8-10-4-6-12(21)7-5-10/h1-7,9,14,20-21H,8H2,(H,22,23)/t14-/m0/s1. The predicted molar refractivity (Wildman–Crippen MR) is 85.0 cm³/mol. The Kier molecular flexibility index (Phi) is 5.57. The molecule has 0 aliphatic heterocycles. The highest BCUT2D eigenvalue weighted by Crippen LogP contribution is 2.30. The first-order chi connectivity index (χ1) is 12.0. The maximum absolute atomic E-state index is 12.7. The average molecular weight is 389 g/mol. The van der Waals surface area contributed by atoms with Crippen LogP contribution in [0.2, 0.25) is 0 Å². The molecule has 3 N–H and O–H groups in total. The van der Waals surface area contributed by atoms with Crippen molar-refractivity contribution in [3.63, 3.8) is 0 Å². The Morgan fingerprint density at radius 3 is 2.27 bits per heavy atom. The van der Waals surface area contributed by atoms with Crippen molar-refractivity contribution in [1.82, 2.24) is 4.72 Å². The minimum atomic E-state index is -4.73. The van der Waals surface area contributed by atoms with Crippen LogP contribution in [-0.2, 0) is 27.4 Å². The molecule has 0 aromatic heterocycles. The molecule has 0 bridgehead atoms. The smallest absolute Gasteiger partial charge is 0.416 e. The number of aromatic hydroxyl groups is 1. The molecule has 0 aliphatic carbocycles. The molecule has 26 heavy (non-hydrogen) atoms. The van der Waals surface area contributed by atoms with E-state index < -0.39 is 38.7 Å². The number of phenols is 1. The number of carboxylic acids is 1. The van der Waals surface area contributed by atoms with E-state index in [1.165, 1.54) is 24.3 Å². The first-order valence-corrected chi connectivity index (χ1v) is 8.67. The lowest BCUT2D eigenvalue weighted by molar-refractivity contribution is -0.139. The van der Waals surface area contributed by atoms with E-state index in [2.05, 4.69) is 0 Å². The van der Waals surface area contributed by atoms with E-state index in [-0.39, 0.29) is 12.2 Å². The largest absolute Gasteiger partial charge is 0.508 e. The number of hydrogen-bond acceptors (Lipinski definition) is 4. The van der Waals surface area contributed by atoms with Gasteiger partial charge in [-0.3, -0.25) is 4.79 Å². The van der Waals surface area contributed by atoms with Crippen molar-refractivity contribution in [2.75, 3.05) is 0 Å². The van der Waals surface area contributed by atoms with Crippen LogP contribution in [0, 0.1) is 0 Å². The van der Waals surface area contributed by atoms with E-state index >= 15 is 0 Å². The molecule has 0 unspecified atom stereocenters. The molecule has 0 saturated heterocycles. The quantitative estimate of drug-likeness (QED) is 0.704. The van der Waals surface area contributed by atoms with Crippen LogP contribution < -0.4 is 4.72 Å². The van der Waals surface area contributed by atoms with Crippen molar-refractivity contribution in [3.8, 4) is 5.75 Å². The Hall–Kier alpha value is -2.59. The summed E-state index contributed by atoms with van der Waals surface area (Å²) in [5.41, 5.74) is -0.743. The second-order valence-corrected chi connectivity index (χ2v) is 7.12. The van der Waals surface area contributed by atoms with Crippen molar-refractivity contribution >= 4 is 16.0 Å². The van der Waals surface area contributed by atoms with Gasteiger partial charge in [-0.2, -0.15) is 17.9 Å². The summed E-state index contributed by atoms with van der Waals surface area (Å²) in [7, 11) is -4.50. The molecular formula is C16H14F3NO5S. The number of alkyl halides is 3. The van der Waals surface area contributed by atoms with Crippen LogP contribution in [0.25, 0.3) is 0 Å². The Labute approximate surface area is 147 Å². The molecule has 2 aromatic carbocycles. The fourth-order valence-corrected chi connectivity index (χ4v) is 3.38. The normalized spacial score (nSPS) is 13.3. The number of carbonyl (C=O) groups is 1. The Bertz CT molecular complexity index is 895. The van der Waals surface area contributed by atoms with Gasteiger partial charge in [0.15, 0.2) is 0 Å². The molecule has 0 radical (unpaired) electrons. The minimum absolute atomic E-state index is 0.0508. The van der Waals surface area contributed by atoms with Crippen molar-refractivity contribution in [2.45, 2.75) is 23.5 Å². The summed E-state index contributed by atoms with van der Waals surface area (Å²) in [6.45, 7) is 0. The number of nitrogens with one attached hydrogen (secondary N) is 1. The first kappa shape index (κ1) is 19.7. The highest BCUT2D eigenvalue weighted by atomic mass is 32.2. The molecule has 1 atom stereocenters. The van der Waals surface area contributed by atoms with Crippen LogP contribution in [0.5, 0.6) is 5.75 Å². The molecule has 6 nitrogen and oxygen atoms in total. The summed E-state index contributed by atoms with van der Waals surface area (Å²) in [4.78, 5) is 10.7. The SMILES string of the molecule is O=C(O)[C@H](Cc1ccc(O)cc1)NS(=O)(=O)c1cccc(C(F)(F)F)c1. The van der Waals surface area contributed by atoms with E-state index in [9.17, 15) is 36.6 Å². The zero-order valence-corrected chi connectivity index (χ0v) is 13.9. The summed E-state index contributed by atoms with van der Waals surface area (Å²) < 4.78 is 64.7. The molecule has 0 saturated carbocycles. The molecule has 0 spiro atoms. The van der Waals surface area contributed by atoms with Gasteiger partial charge in [0.2, 0.25) is 10.0 Å². The van der Waals surface area contributed by atoms with Crippen LogP contribution in [0.4, 0.5) is 13.2 Å². The van der Waals surface area contributed by atoms with Crippen LogP contribution in [0.15, 0.2) is 53.4 Å². The van der Waals surface area contributed by atoms with Gasteiger partial charge in [-0.25, -0.2) is 8.42 Å². The minimum Gasteiger partial charge on any atom is -0.508 e. The third kappa shape index (κ3) is 4.96. The maximum Gasteiger partial charge on any atom is 0.416 e. The van der Waals surface area contributed by atoms with Gasteiger partial charge in [0.25, 0.3) is 0 Å². The molecule has 140 valence electrons. The molecular weight excluding hydrogens is 375 g/mol. The number of phenolic OH excluding ortho intramolecular Hbond substituents is 1. The van der Waals surface area contributed by atoms with Crippen molar-refractivity contribution in [3.05, 3.63) is 59.7 Å². The van der Waals surface area contributed by atoms with Crippen molar-refractivity contribution < 1.29 is 36.6 Å². The second kappa shape index (κ2) is 7.34. The topological polar surface area (TPSA) is 104 Å². The Morgan fingerprint density at radius 1 is 1.12 bits per heavy atom. The van der Waals surface area contributed by atoms with Crippen LogP contribution in [0.3, 0.4) is 0 Å². The molecule has 0 amide bonds. The van der Waals surface area contributed by atoms with Crippen molar-refractivity contribution in [1.29, 1.82) is 0 Å². The summed E-state index contributed by atoms with van der Waals surface area (Å²) >= 11 is 0. The van der Waals surface area contributed by atoms with Gasteiger partial charge >= 0.3 is 12.1 Å². The third-order valence-corrected chi connectivity index (χ3v) is 4.91. The number of benzene rings is 2. The number of halogens is 3. The number of carboxylic acid groups (broad SMARTS) is 1. The van der Waals surface area contributed by atoms with Gasteiger partial charge in [0.05, 0.1) is 10.5 Å². The van der Waals surface area contributed by atoms with Gasteiger partial charge in [-0.1, -0.05) is 18.2 Å². The third-order valence-electron chi connectivity index (χ3n) is 3.44. The first-order valence-electron chi connectivity index (χ1n) is 7.19. The molecule has 0 heterocycles. The Morgan fingerprint density at radius 2 is 1.73 bits per heavy atom. The van der Waals surface area contributed by atoms with E-state index in [1.54, 1.807) is 0 Å². The lowest BCUT2D eigenvalue weighted by Crippen LogP contribution is -2.42. The van der Waals surface area contributed by atoms with E-state index in [0.717, 1.165) is 12.1 Å². The van der Waals surface area contributed by atoms with Gasteiger partial charge in [-0.05, 0) is 42.3 Å². The lowest BCUT2D eigenvalue weighted by Gasteiger charge is -2.16. The van der Waals surface area contributed by atoms with E-state index in [4.69, 9.17) is 0 Å². The zero-order valence-electron chi connectivity index (χ0n) is 13.1. The number of hydrogen-bond donors (Lipinski definition) is 3. The molecule has 2 rings (SSSR count). The molecule has 2 aromatic rings. The molecule has 0 aliphatic rings. The highest BCUT2D eigenvalue weighted by Gasteiger charge is 2.32. The second-order valence-electron chi connectivity index (χ2n) is 5.41.